The average Bonchev–Trinajstić information content (AvgIpc) is 2.48. The smallest absolute Gasteiger partial charge is 0.174 e. The van der Waals surface area contributed by atoms with Crippen molar-refractivity contribution < 1.29 is 9.59 Å². The van der Waals surface area contributed by atoms with Gasteiger partial charge in [-0.15, -0.1) is 0 Å². The van der Waals surface area contributed by atoms with Crippen molar-refractivity contribution in [2.75, 3.05) is 0 Å². The largest absolute Gasteiger partial charge is 0.293 e. The molecule has 20 heavy (non-hydrogen) atoms. The molecule has 0 amide bonds. The lowest BCUT2D eigenvalue weighted by atomic mass is 9.82. The quantitative estimate of drug-likeness (QED) is 0.605. The van der Waals surface area contributed by atoms with Crippen LogP contribution in [0.4, 0.5) is 0 Å². The lowest BCUT2D eigenvalue weighted by molar-refractivity contribution is 0.0819. The molecule has 0 aliphatic heterocycles. The van der Waals surface area contributed by atoms with E-state index in [1.54, 1.807) is 24.3 Å². The molecule has 1 radical (unpaired) electrons. The van der Waals surface area contributed by atoms with Crippen molar-refractivity contribution in [2.45, 2.75) is 13.8 Å². The molecular weight excluding hydrogens is 248 g/mol. The maximum atomic E-state index is 12.6. The van der Waals surface area contributed by atoms with Crippen LogP contribution in [0, 0.1) is 11.8 Å². The summed E-state index contributed by atoms with van der Waals surface area (Å²) in [5, 5.41) is 0. The second-order valence-electron chi connectivity index (χ2n) is 4.97. The highest BCUT2D eigenvalue weighted by atomic mass is 16.2. The second-order valence-corrected chi connectivity index (χ2v) is 4.97. The molecule has 0 saturated carbocycles. The van der Waals surface area contributed by atoms with Gasteiger partial charge in [0.25, 0.3) is 0 Å². The third kappa shape index (κ3) is 3.02. The van der Waals surface area contributed by atoms with E-state index in [0.29, 0.717) is 11.1 Å². The van der Waals surface area contributed by atoms with Crippen molar-refractivity contribution >= 4 is 11.6 Å². The summed E-state index contributed by atoms with van der Waals surface area (Å²) >= 11 is 0. The molecule has 2 rings (SSSR count). The van der Waals surface area contributed by atoms with E-state index in [-0.39, 0.29) is 11.6 Å². The number of hydrogen-bond acceptors (Lipinski definition) is 2. The standard InChI is InChI=1S/C18H17O2/c1-13(2)16(17(19)14-9-5-3-6-10-14)18(20)15-11-7-4-8-12-15/h3-12,16H,1-2H3. The van der Waals surface area contributed by atoms with E-state index in [1.165, 1.54) is 0 Å². The highest BCUT2D eigenvalue weighted by molar-refractivity contribution is 6.17. The molecule has 0 N–H and O–H groups in total. The fourth-order valence-electron chi connectivity index (χ4n) is 2.18. The normalized spacial score (nSPS) is 10.8. The minimum absolute atomic E-state index is 0.139. The number of ketones is 2. The number of carbonyl (C=O) groups excluding carboxylic acids is 2. The summed E-state index contributed by atoms with van der Waals surface area (Å²) in [5.41, 5.74) is 1.14. The fraction of sp³-hybridized carbons (Fsp3) is 0.167. The Kier molecular flexibility index (Phi) is 4.46. The van der Waals surface area contributed by atoms with Gasteiger partial charge in [-0.3, -0.25) is 9.59 Å². The average molecular weight is 265 g/mol. The van der Waals surface area contributed by atoms with Crippen LogP contribution in [0.5, 0.6) is 0 Å². The molecule has 0 unspecified atom stereocenters. The van der Waals surface area contributed by atoms with Crippen LogP contribution < -0.4 is 0 Å². The fourth-order valence-corrected chi connectivity index (χ4v) is 2.18. The van der Waals surface area contributed by atoms with Crippen LogP contribution in [-0.2, 0) is 0 Å². The van der Waals surface area contributed by atoms with E-state index in [0.717, 1.165) is 5.92 Å². The number of carbonyl (C=O) groups is 2. The van der Waals surface area contributed by atoms with Crippen molar-refractivity contribution in [3.05, 3.63) is 77.7 Å². The zero-order valence-corrected chi connectivity index (χ0v) is 11.7. The molecule has 0 fully saturated rings. The Hall–Kier alpha value is -2.22. The van der Waals surface area contributed by atoms with Gasteiger partial charge >= 0.3 is 0 Å². The van der Waals surface area contributed by atoms with Crippen LogP contribution in [0.2, 0.25) is 0 Å². The molecule has 0 bridgehead atoms. The highest BCUT2D eigenvalue weighted by Gasteiger charge is 2.31. The van der Waals surface area contributed by atoms with Gasteiger partial charge in [0.1, 0.15) is 0 Å². The number of rotatable bonds is 5. The maximum absolute atomic E-state index is 12.6. The first-order chi connectivity index (χ1) is 9.61. The molecular formula is C18H17O2. The van der Waals surface area contributed by atoms with Crippen molar-refractivity contribution in [3.8, 4) is 0 Å². The van der Waals surface area contributed by atoms with Gasteiger partial charge in [-0.2, -0.15) is 0 Å². The minimum atomic E-state index is -0.709. The Morgan fingerprint density at radius 1 is 0.700 bits per heavy atom. The van der Waals surface area contributed by atoms with Gasteiger partial charge in [0.05, 0.1) is 5.92 Å². The Bertz CT molecular complexity index is 534. The number of benzene rings is 2. The van der Waals surface area contributed by atoms with Crippen molar-refractivity contribution in [1.29, 1.82) is 0 Å². The van der Waals surface area contributed by atoms with E-state index in [4.69, 9.17) is 0 Å². The molecule has 2 heteroatoms. The molecule has 0 aromatic heterocycles. The highest BCUT2D eigenvalue weighted by Crippen LogP contribution is 2.23. The molecule has 0 aliphatic rings. The first kappa shape index (κ1) is 14.2. The number of hydrogen-bond donors (Lipinski definition) is 0. The minimum Gasteiger partial charge on any atom is -0.293 e. The van der Waals surface area contributed by atoms with Gasteiger partial charge in [-0.1, -0.05) is 74.5 Å². The number of Topliss-reactive ketones (excluding diaryl/α,β-unsaturated/α-hetero) is 2. The van der Waals surface area contributed by atoms with Crippen LogP contribution in [0.25, 0.3) is 0 Å². The molecule has 0 atom stereocenters. The van der Waals surface area contributed by atoms with Crippen LogP contribution in [-0.4, -0.2) is 11.6 Å². The zero-order chi connectivity index (χ0) is 14.5. The first-order valence-electron chi connectivity index (χ1n) is 6.60. The van der Waals surface area contributed by atoms with E-state index in [9.17, 15) is 9.59 Å². The Morgan fingerprint density at radius 3 is 1.35 bits per heavy atom. The van der Waals surface area contributed by atoms with Crippen molar-refractivity contribution in [3.63, 3.8) is 0 Å². The monoisotopic (exact) mass is 265 g/mol. The summed E-state index contributed by atoms with van der Waals surface area (Å²) in [6.07, 6.45) is 0. The molecule has 2 nitrogen and oxygen atoms in total. The summed E-state index contributed by atoms with van der Waals surface area (Å²) in [6.45, 7) is 3.65. The van der Waals surface area contributed by atoms with Crippen LogP contribution >= 0.6 is 0 Å². The van der Waals surface area contributed by atoms with Gasteiger partial charge in [0.15, 0.2) is 11.6 Å². The Balaban J connectivity index is 2.33. The summed E-state index contributed by atoms with van der Waals surface area (Å²) < 4.78 is 0. The SMILES string of the molecule is C[C](C)C(C(=O)c1ccccc1)C(=O)c1ccccc1. The molecule has 0 heterocycles. The van der Waals surface area contributed by atoms with E-state index in [2.05, 4.69) is 0 Å². The van der Waals surface area contributed by atoms with Gasteiger partial charge in [0.2, 0.25) is 0 Å². The van der Waals surface area contributed by atoms with Crippen molar-refractivity contribution in [2.24, 2.45) is 5.92 Å². The van der Waals surface area contributed by atoms with Gasteiger partial charge < -0.3 is 0 Å². The van der Waals surface area contributed by atoms with E-state index < -0.39 is 5.92 Å². The predicted molar refractivity (Wildman–Crippen MR) is 79.6 cm³/mol. The topological polar surface area (TPSA) is 34.1 Å². The zero-order valence-electron chi connectivity index (χ0n) is 11.7. The second kappa shape index (κ2) is 6.29. The van der Waals surface area contributed by atoms with E-state index in [1.807, 2.05) is 50.2 Å². The molecule has 0 aliphatic carbocycles. The Labute approximate surface area is 119 Å². The molecule has 0 spiro atoms. The third-order valence-electron chi connectivity index (χ3n) is 3.22. The summed E-state index contributed by atoms with van der Waals surface area (Å²) in [7, 11) is 0. The summed E-state index contributed by atoms with van der Waals surface area (Å²) in [4.78, 5) is 25.1. The molecule has 2 aromatic rings. The van der Waals surface area contributed by atoms with Gasteiger partial charge in [-0.25, -0.2) is 0 Å². The van der Waals surface area contributed by atoms with Gasteiger partial charge in [-0.05, 0) is 5.92 Å². The van der Waals surface area contributed by atoms with Gasteiger partial charge in [0, 0.05) is 11.1 Å². The van der Waals surface area contributed by atoms with Crippen LogP contribution in [0.15, 0.2) is 60.7 Å². The predicted octanol–water partition coefficient (Wildman–Crippen LogP) is 3.98. The van der Waals surface area contributed by atoms with Crippen LogP contribution in [0.1, 0.15) is 34.6 Å². The molecule has 2 aromatic carbocycles. The summed E-state index contributed by atoms with van der Waals surface area (Å²) in [5.74, 6) is -0.175. The van der Waals surface area contributed by atoms with Crippen molar-refractivity contribution in [1.82, 2.24) is 0 Å². The molecule has 101 valence electrons. The lowest BCUT2D eigenvalue weighted by Gasteiger charge is -2.18. The lowest BCUT2D eigenvalue weighted by Crippen LogP contribution is -2.28. The molecule has 0 saturated heterocycles. The third-order valence-corrected chi connectivity index (χ3v) is 3.22. The first-order valence-corrected chi connectivity index (χ1v) is 6.60. The summed E-state index contributed by atoms with van der Waals surface area (Å²) in [6, 6.07) is 17.9. The Morgan fingerprint density at radius 2 is 1.05 bits per heavy atom. The van der Waals surface area contributed by atoms with Crippen LogP contribution in [0.3, 0.4) is 0 Å². The van der Waals surface area contributed by atoms with E-state index >= 15 is 0 Å². The maximum Gasteiger partial charge on any atom is 0.174 e.